The Kier molecular flexibility index (Phi) is 17.3. The second-order valence-electron chi connectivity index (χ2n) is 13.8. The van der Waals surface area contributed by atoms with Crippen LogP contribution in [0.1, 0.15) is 11.1 Å². The number of benzene rings is 4. The smallest absolute Gasteiger partial charge is 0.203 e. The van der Waals surface area contributed by atoms with E-state index in [1.807, 2.05) is 24.3 Å². The number of piperazine rings is 2. The van der Waals surface area contributed by atoms with Crippen molar-refractivity contribution in [1.29, 1.82) is 0 Å². The van der Waals surface area contributed by atoms with Crippen molar-refractivity contribution >= 4 is 0 Å². The van der Waals surface area contributed by atoms with Crippen molar-refractivity contribution < 1.29 is 37.2 Å². The number of rotatable bonds is 18. The molecule has 12 heteroatoms. The standard InChI is InChI=1S/C23H31FN2O4.C21H27FN2O2/c1-27-21-16-18(17-22(28-2)23(21)29-3)8-9-25-10-12-26(13-11-25)14-15-30-20-7-5-4-6-19(20)24;1-25-19-8-6-18(7-9-19)10-11-23-12-14-24(15-13-23)16-17-26-21-5-3-2-4-20(21)22/h4-7,16-17H,8-15H2,1-3H3;2-9H,10-17H2,1H3. The van der Waals surface area contributed by atoms with E-state index in [1.165, 1.54) is 17.7 Å². The molecule has 56 heavy (non-hydrogen) atoms. The van der Waals surface area contributed by atoms with Crippen LogP contribution in [0.4, 0.5) is 8.78 Å². The van der Waals surface area contributed by atoms with E-state index >= 15 is 0 Å². The van der Waals surface area contributed by atoms with Crippen LogP contribution in [-0.4, -0.2) is 140 Å². The van der Waals surface area contributed by atoms with Gasteiger partial charge in [0, 0.05) is 78.5 Å². The van der Waals surface area contributed by atoms with E-state index in [1.54, 1.807) is 64.8 Å². The van der Waals surface area contributed by atoms with Crippen molar-refractivity contribution in [3.63, 3.8) is 0 Å². The Hall–Kier alpha value is -4.62. The SMILES string of the molecule is COc1cc(CCN2CCN(CCOc3ccccc3F)CC2)cc(OC)c1OC.COc1ccc(CCN2CCN(CCOc3ccccc3F)CC2)cc1. The molecule has 0 aliphatic carbocycles. The molecule has 0 unspecified atom stereocenters. The van der Waals surface area contributed by atoms with Crippen molar-refractivity contribution in [1.82, 2.24) is 19.6 Å². The Labute approximate surface area is 331 Å². The van der Waals surface area contributed by atoms with Gasteiger partial charge in [-0.3, -0.25) is 9.80 Å². The molecule has 0 spiro atoms. The highest BCUT2D eigenvalue weighted by atomic mass is 19.1. The van der Waals surface area contributed by atoms with Gasteiger partial charge in [-0.05, 0) is 72.5 Å². The fourth-order valence-electron chi connectivity index (χ4n) is 6.81. The average molecular weight is 777 g/mol. The first-order chi connectivity index (χ1) is 27.4. The molecule has 0 saturated carbocycles. The zero-order valence-corrected chi connectivity index (χ0v) is 33.4. The summed E-state index contributed by atoms with van der Waals surface area (Å²) < 4.78 is 59.7. The highest BCUT2D eigenvalue weighted by Gasteiger charge is 2.19. The maximum absolute atomic E-state index is 13.6. The van der Waals surface area contributed by atoms with Crippen molar-refractivity contribution in [2.45, 2.75) is 12.8 Å². The third-order valence-electron chi connectivity index (χ3n) is 10.3. The fraction of sp³-hybridized carbons (Fsp3) is 0.455. The van der Waals surface area contributed by atoms with Crippen LogP contribution >= 0.6 is 0 Å². The summed E-state index contributed by atoms with van der Waals surface area (Å²) in [5, 5.41) is 0. The molecule has 2 heterocycles. The summed E-state index contributed by atoms with van der Waals surface area (Å²) in [4.78, 5) is 9.69. The Morgan fingerprint density at radius 2 is 0.857 bits per heavy atom. The van der Waals surface area contributed by atoms with Gasteiger partial charge in [-0.25, -0.2) is 8.78 Å². The molecule has 0 amide bonds. The van der Waals surface area contributed by atoms with E-state index in [2.05, 4.69) is 31.7 Å². The van der Waals surface area contributed by atoms with Gasteiger partial charge in [-0.1, -0.05) is 36.4 Å². The van der Waals surface area contributed by atoms with Gasteiger partial charge < -0.3 is 38.2 Å². The minimum absolute atomic E-state index is 0.296. The van der Waals surface area contributed by atoms with Crippen LogP contribution in [0.5, 0.6) is 34.5 Å². The number of para-hydroxylation sites is 2. The van der Waals surface area contributed by atoms with Crippen LogP contribution in [0.3, 0.4) is 0 Å². The number of methoxy groups -OCH3 is 4. The van der Waals surface area contributed by atoms with E-state index < -0.39 is 0 Å². The number of nitrogens with zero attached hydrogens (tertiary/aromatic N) is 4. The molecule has 304 valence electrons. The quantitative estimate of drug-likeness (QED) is 0.117. The highest BCUT2D eigenvalue weighted by molar-refractivity contribution is 5.53. The Morgan fingerprint density at radius 1 is 0.446 bits per heavy atom. The molecule has 0 bridgehead atoms. The fourth-order valence-corrected chi connectivity index (χ4v) is 6.81. The highest BCUT2D eigenvalue weighted by Crippen LogP contribution is 2.38. The van der Waals surface area contributed by atoms with Crippen LogP contribution in [0.15, 0.2) is 84.9 Å². The van der Waals surface area contributed by atoms with Gasteiger partial charge in [-0.2, -0.15) is 0 Å². The molecule has 0 N–H and O–H groups in total. The van der Waals surface area contributed by atoms with E-state index in [-0.39, 0.29) is 11.6 Å². The first-order valence-electron chi connectivity index (χ1n) is 19.4. The molecule has 2 aliphatic heterocycles. The number of hydrogen-bond donors (Lipinski definition) is 0. The number of halogens is 2. The van der Waals surface area contributed by atoms with E-state index in [0.29, 0.717) is 42.0 Å². The third kappa shape index (κ3) is 13.3. The Balaban J connectivity index is 0.000000216. The third-order valence-corrected chi connectivity index (χ3v) is 10.3. The lowest BCUT2D eigenvalue weighted by Crippen LogP contribution is -2.47. The molecule has 2 aliphatic rings. The lowest BCUT2D eigenvalue weighted by atomic mass is 10.1. The van der Waals surface area contributed by atoms with Gasteiger partial charge in [0.15, 0.2) is 34.6 Å². The van der Waals surface area contributed by atoms with Gasteiger partial charge in [0.05, 0.1) is 28.4 Å². The maximum Gasteiger partial charge on any atom is 0.203 e. The van der Waals surface area contributed by atoms with Crippen LogP contribution in [0, 0.1) is 11.6 Å². The number of ether oxygens (including phenoxy) is 6. The second-order valence-corrected chi connectivity index (χ2v) is 13.8. The van der Waals surface area contributed by atoms with Crippen molar-refractivity contribution in [3.05, 3.63) is 108 Å². The van der Waals surface area contributed by atoms with E-state index in [9.17, 15) is 8.78 Å². The van der Waals surface area contributed by atoms with Gasteiger partial charge in [0.2, 0.25) is 5.75 Å². The van der Waals surface area contributed by atoms with E-state index in [0.717, 1.165) is 103 Å². The molecule has 4 aromatic carbocycles. The molecule has 0 atom stereocenters. The minimum Gasteiger partial charge on any atom is -0.497 e. The zero-order chi connectivity index (χ0) is 39.5. The van der Waals surface area contributed by atoms with Gasteiger partial charge in [0.25, 0.3) is 0 Å². The van der Waals surface area contributed by atoms with Crippen molar-refractivity contribution in [2.24, 2.45) is 0 Å². The lowest BCUT2D eigenvalue weighted by Gasteiger charge is -2.34. The van der Waals surface area contributed by atoms with Gasteiger partial charge in [-0.15, -0.1) is 0 Å². The van der Waals surface area contributed by atoms with E-state index in [4.69, 9.17) is 28.4 Å². The predicted octanol–water partition coefficient (Wildman–Crippen LogP) is 6.16. The Bertz CT molecular complexity index is 1710. The average Bonchev–Trinajstić information content (AvgIpc) is 3.24. The molecule has 4 aromatic rings. The summed E-state index contributed by atoms with van der Waals surface area (Å²) in [5.74, 6) is 2.95. The molecule has 0 aromatic heterocycles. The Morgan fingerprint density at radius 3 is 1.25 bits per heavy atom. The molecule has 2 saturated heterocycles. The summed E-state index contributed by atoms with van der Waals surface area (Å²) in [6, 6.07) is 25.4. The summed E-state index contributed by atoms with van der Waals surface area (Å²) in [7, 11) is 6.57. The first-order valence-corrected chi connectivity index (χ1v) is 19.4. The van der Waals surface area contributed by atoms with Crippen LogP contribution in [0.25, 0.3) is 0 Å². The topological polar surface area (TPSA) is 68.3 Å². The molecular formula is C44H58F2N4O6. The number of hydrogen-bond acceptors (Lipinski definition) is 10. The van der Waals surface area contributed by atoms with Crippen LogP contribution < -0.4 is 28.4 Å². The maximum atomic E-state index is 13.6. The normalized spacial score (nSPS) is 15.4. The predicted molar refractivity (Wildman–Crippen MR) is 216 cm³/mol. The molecule has 0 radical (unpaired) electrons. The van der Waals surface area contributed by atoms with Gasteiger partial charge in [0.1, 0.15) is 19.0 Å². The lowest BCUT2D eigenvalue weighted by molar-refractivity contribution is 0.117. The van der Waals surface area contributed by atoms with Crippen molar-refractivity contribution in [2.75, 3.05) is 120 Å². The zero-order valence-electron chi connectivity index (χ0n) is 33.4. The van der Waals surface area contributed by atoms with Crippen LogP contribution in [-0.2, 0) is 12.8 Å². The minimum atomic E-state index is -0.311. The molecule has 2 fully saturated rings. The largest absolute Gasteiger partial charge is 0.497 e. The molecule has 10 nitrogen and oxygen atoms in total. The van der Waals surface area contributed by atoms with Crippen molar-refractivity contribution in [3.8, 4) is 34.5 Å². The summed E-state index contributed by atoms with van der Waals surface area (Å²) >= 11 is 0. The summed E-state index contributed by atoms with van der Waals surface area (Å²) in [6.45, 7) is 12.9. The first kappa shape index (κ1) is 42.5. The monoisotopic (exact) mass is 776 g/mol. The van der Waals surface area contributed by atoms with Gasteiger partial charge >= 0.3 is 0 Å². The molecule has 6 rings (SSSR count). The summed E-state index contributed by atoms with van der Waals surface area (Å²) in [6.07, 6.45) is 1.97. The molecular weight excluding hydrogens is 719 g/mol. The summed E-state index contributed by atoms with van der Waals surface area (Å²) in [5.41, 5.74) is 2.50. The van der Waals surface area contributed by atoms with Crippen LogP contribution in [0.2, 0.25) is 0 Å². The second kappa shape index (κ2) is 22.8.